The van der Waals surface area contributed by atoms with E-state index in [1.54, 1.807) is 24.3 Å². The maximum atomic E-state index is 11.8. The van der Waals surface area contributed by atoms with Crippen molar-refractivity contribution < 1.29 is 14.3 Å². The number of hydrogen-bond acceptors (Lipinski definition) is 4. The summed E-state index contributed by atoms with van der Waals surface area (Å²) >= 11 is 0. The second-order valence-electron chi connectivity index (χ2n) is 5.64. The lowest BCUT2D eigenvalue weighted by atomic mass is 10.1. The summed E-state index contributed by atoms with van der Waals surface area (Å²) < 4.78 is 5.58. The average molecular weight is 341 g/mol. The summed E-state index contributed by atoms with van der Waals surface area (Å²) in [6.45, 7) is 3.94. The number of hydrogen-bond donors (Lipinski definition) is 2. The van der Waals surface area contributed by atoms with E-state index in [0.29, 0.717) is 25.0 Å². The maximum Gasteiger partial charge on any atom is 0.220 e. The number of halogens is 1. The lowest BCUT2D eigenvalue weighted by molar-refractivity contribution is -0.122. The second kappa shape index (κ2) is 10.2. The van der Waals surface area contributed by atoms with Crippen LogP contribution in [0.2, 0.25) is 0 Å². The maximum absolute atomic E-state index is 11.8. The summed E-state index contributed by atoms with van der Waals surface area (Å²) in [5, 5.41) is 6.32. The molecule has 0 spiro atoms. The third kappa shape index (κ3) is 7.01. The van der Waals surface area contributed by atoms with E-state index in [0.717, 1.165) is 31.7 Å². The molecule has 23 heavy (non-hydrogen) atoms. The van der Waals surface area contributed by atoms with E-state index >= 15 is 0 Å². The van der Waals surface area contributed by atoms with Crippen molar-refractivity contribution in [1.29, 1.82) is 0 Å². The van der Waals surface area contributed by atoms with Crippen LogP contribution in [0.15, 0.2) is 24.3 Å². The van der Waals surface area contributed by atoms with Gasteiger partial charge in [-0.1, -0.05) is 0 Å². The Hall–Kier alpha value is -1.59. The first-order valence-electron chi connectivity index (χ1n) is 7.89. The quantitative estimate of drug-likeness (QED) is 0.590. The van der Waals surface area contributed by atoms with Crippen molar-refractivity contribution >= 4 is 24.1 Å². The number of ketones is 1. The molecule has 1 amide bonds. The van der Waals surface area contributed by atoms with E-state index in [1.807, 2.05) is 0 Å². The molecule has 0 saturated carbocycles. The Morgan fingerprint density at radius 2 is 2.04 bits per heavy atom. The summed E-state index contributed by atoms with van der Waals surface area (Å²) in [5.41, 5.74) is 0.674. The van der Waals surface area contributed by atoms with Crippen LogP contribution in [0.3, 0.4) is 0 Å². The summed E-state index contributed by atoms with van der Waals surface area (Å²) in [6, 6.07) is 7.33. The van der Waals surface area contributed by atoms with Crippen molar-refractivity contribution in [2.45, 2.75) is 38.6 Å². The number of Topliss-reactive ketones (excluding diaryl/α,β-unsaturated/α-hetero) is 1. The van der Waals surface area contributed by atoms with Crippen LogP contribution in [0.25, 0.3) is 0 Å². The van der Waals surface area contributed by atoms with Gasteiger partial charge in [-0.3, -0.25) is 9.59 Å². The minimum atomic E-state index is 0. The molecule has 1 aromatic carbocycles. The molecule has 1 saturated heterocycles. The van der Waals surface area contributed by atoms with Crippen LogP contribution < -0.4 is 15.4 Å². The molecule has 0 aliphatic carbocycles. The Morgan fingerprint density at radius 3 is 2.65 bits per heavy atom. The SMILES string of the molecule is CC(=O)c1ccc(OCCCC(=O)NC2CCCNC2)cc1.Cl. The molecule has 1 aromatic rings. The van der Waals surface area contributed by atoms with Gasteiger partial charge in [0, 0.05) is 24.6 Å². The Morgan fingerprint density at radius 1 is 1.30 bits per heavy atom. The summed E-state index contributed by atoms with van der Waals surface area (Å²) in [7, 11) is 0. The monoisotopic (exact) mass is 340 g/mol. The Bertz CT molecular complexity index is 499. The second-order valence-corrected chi connectivity index (χ2v) is 5.64. The van der Waals surface area contributed by atoms with Crippen molar-refractivity contribution in [1.82, 2.24) is 10.6 Å². The molecule has 1 atom stereocenters. The first-order chi connectivity index (χ1) is 10.6. The zero-order valence-electron chi connectivity index (χ0n) is 13.5. The highest BCUT2D eigenvalue weighted by atomic mass is 35.5. The summed E-state index contributed by atoms with van der Waals surface area (Å²) in [5.74, 6) is 0.853. The van der Waals surface area contributed by atoms with Crippen LogP contribution in [-0.2, 0) is 4.79 Å². The number of benzene rings is 1. The molecule has 1 aliphatic heterocycles. The molecular formula is C17H25ClN2O3. The van der Waals surface area contributed by atoms with Crippen molar-refractivity contribution in [2.75, 3.05) is 19.7 Å². The van der Waals surface area contributed by atoms with Gasteiger partial charge in [-0.15, -0.1) is 12.4 Å². The van der Waals surface area contributed by atoms with Gasteiger partial charge < -0.3 is 15.4 Å². The van der Waals surface area contributed by atoms with E-state index in [4.69, 9.17) is 4.74 Å². The molecule has 0 bridgehead atoms. The van der Waals surface area contributed by atoms with Gasteiger partial charge in [-0.05, 0) is 57.0 Å². The predicted molar refractivity (Wildman–Crippen MR) is 92.5 cm³/mol. The van der Waals surface area contributed by atoms with E-state index in [9.17, 15) is 9.59 Å². The fourth-order valence-electron chi connectivity index (χ4n) is 2.48. The molecular weight excluding hydrogens is 316 g/mol. The Labute approximate surface area is 143 Å². The van der Waals surface area contributed by atoms with Gasteiger partial charge in [-0.2, -0.15) is 0 Å². The van der Waals surface area contributed by atoms with Gasteiger partial charge in [0.25, 0.3) is 0 Å². The molecule has 1 heterocycles. The number of carbonyl (C=O) groups excluding carboxylic acids is 2. The first-order valence-corrected chi connectivity index (χ1v) is 7.89. The molecule has 2 N–H and O–H groups in total. The molecule has 0 radical (unpaired) electrons. The van der Waals surface area contributed by atoms with Crippen LogP contribution in [0.1, 0.15) is 43.0 Å². The smallest absolute Gasteiger partial charge is 0.220 e. The van der Waals surface area contributed by atoms with Crippen LogP contribution in [-0.4, -0.2) is 37.4 Å². The lowest BCUT2D eigenvalue weighted by Crippen LogP contribution is -2.45. The predicted octanol–water partition coefficient (Wildman–Crippen LogP) is 2.34. The van der Waals surface area contributed by atoms with Gasteiger partial charge >= 0.3 is 0 Å². The van der Waals surface area contributed by atoms with E-state index in [2.05, 4.69) is 10.6 Å². The first kappa shape index (κ1) is 19.5. The number of amides is 1. The molecule has 5 nitrogen and oxygen atoms in total. The number of nitrogens with one attached hydrogen (secondary N) is 2. The molecule has 1 aliphatic rings. The fourth-order valence-corrected chi connectivity index (χ4v) is 2.48. The summed E-state index contributed by atoms with van der Waals surface area (Å²) in [4.78, 5) is 23.0. The average Bonchev–Trinajstić information content (AvgIpc) is 2.53. The number of rotatable bonds is 7. The normalized spacial score (nSPS) is 17.0. The van der Waals surface area contributed by atoms with Crippen LogP contribution in [0.4, 0.5) is 0 Å². The highest BCUT2D eigenvalue weighted by Gasteiger charge is 2.14. The zero-order chi connectivity index (χ0) is 15.8. The molecule has 0 aromatic heterocycles. The third-order valence-electron chi connectivity index (χ3n) is 3.74. The molecule has 1 fully saturated rings. The topological polar surface area (TPSA) is 67.4 Å². The minimum Gasteiger partial charge on any atom is -0.494 e. The molecule has 2 rings (SSSR count). The van der Waals surface area contributed by atoms with Gasteiger partial charge in [0.2, 0.25) is 5.91 Å². The van der Waals surface area contributed by atoms with E-state index < -0.39 is 0 Å². The van der Waals surface area contributed by atoms with Gasteiger partial charge in [0.05, 0.1) is 6.61 Å². The Kier molecular flexibility index (Phi) is 8.66. The van der Waals surface area contributed by atoms with Gasteiger partial charge in [-0.25, -0.2) is 0 Å². The van der Waals surface area contributed by atoms with Gasteiger partial charge in [0.1, 0.15) is 5.75 Å². The summed E-state index contributed by atoms with van der Waals surface area (Å²) in [6.07, 6.45) is 3.32. The van der Waals surface area contributed by atoms with E-state index in [1.165, 1.54) is 6.92 Å². The molecule has 6 heteroatoms. The molecule has 1 unspecified atom stereocenters. The lowest BCUT2D eigenvalue weighted by Gasteiger charge is -2.23. The zero-order valence-corrected chi connectivity index (χ0v) is 14.3. The largest absolute Gasteiger partial charge is 0.494 e. The minimum absolute atomic E-state index is 0. The van der Waals surface area contributed by atoms with Gasteiger partial charge in [0.15, 0.2) is 5.78 Å². The highest BCUT2D eigenvalue weighted by molar-refractivity contribution is 5.94. The fraction of sp³-hybridized carbons (Fsp3) is 0.529. The highest BCUT2D eigenvalue weighted by Crippen LogP contribution is 2.13. The van der Waals surface area contributed by atoms with E-state index in [-0.39, 0.29) is 30.1 Å². The third-order valence-corrected chi connectivity index (χ3v) is 3.74. The molecule has 128 valence electrons. The Balaban J connectivity index is 0.00000264. The van der Waals surface area contributed by atoms with Crippen LogP contribution in [0.5, 0.6) is 5.75 Å². The van der Waals surface area contributed by atoms with Crippen molar-refractivity contribution in [3.8, 4) is 5.75 Å². The number of carbonyl (C=O) groups is 2. The van der Waals surface area contributed by atoms with Crippen molar-refractivity contribution in [3.63, 3.8) is 0 Å². The van der Waals surface area contributed by atoms with Crippen molar-refractivity contribution in [2.24, 2.45) is 0 Å². The van der Waals surface area contributed by atoms with Crippen LogP contribution >= 0.6 is 12.4 Å². The van der Waals surface area contributed by atoms with Crippen LogP contribution in [0, 0.1) is 0 Å². The van der Waals surface area contributed by atoms with Crippen molar-refractivity contribution in [3.05, 3.63) is 29.8 Å². The number of piperidine rings is 1. The standard InChI is InChI=1S/C17H24N2O3.ClH/c1-13(20)14-6-8-16(9-7-14)22-11-3-5-17(21)19-15-4-2-10-18-12-15;/h6-9,15,18H,2-5,10-12H2,1H3,(H,19,21);1H. The number of ether oxygens (including phenoxy) is 1.